The molecule has 0 saturated carbocycles. The fourth-order valence-electron chi connectivity index (χ4n) is 0.803. The van der Waals surface area contributed by atoms with Gasteiger partial charge in [0.25, 0.3) is 0 Å². The van der Waals surface area contributed by atoms with Gasteiger partial charge in [0.05, 0.1) is 0 Å². The average Bonchev–Trinajstić information content (AvgIpc) is 2.33. The summed E-state index contributed by atoms with van der Waals surface area (Å²) < 4.78 is 5.01. The summed E-state index contributed by atoms with van der Waals surface area (Å²) in [6.07, 6.45) is 1.45. The monoisotopic (exact) mass is 125 g/mol. The van der Waals surface area contributed by atoms with E-state index in [9.17, 15) is 0 Å². The minimum atomic E-state index is 0.845. The maximum atomic E-state index is 5.01. The smallest absolute Gasteiger partial charge is 0.181 e. The van der Waals surface area contributed by atoms with E-state index in [2.05, 4.69) is 4.98 Å². The summed E-state index contributed by atoms with van der Waals surface area (Å²) in [4.78, 5) is 3.95. The Morgan fingerprint density at radius 3 is 3.00 bits per heavy atom. The Morgan fingerprint density at radius 2 is 2.11 bits per heavy atom. The van der Waals surface area contributed by atoms with Crippen LogP contribution in [0.3, 0.4) is 0 Å². The first kappa shape index (κ1) is 4.56. The zero-order valence-electron chi connectivity index (χ0n) is 4.74. The van der Waals surface area contributed by atoms with Gasteiger partial charge >= 0.3 is 0 Å². The zero-order valence-corrected chi connectivity index (χ0v) is 4.74. The fraction of sp³-hybridized carbons (Fsp3) is 0. The van der Waals surface area contributed by atoms with Crippen LogP contribution in [0.4, 0.5) is 0 Å². The number of para-hydroxylation sites is 2. The summed E-state index contributed by atoms with van der Waals surface area (Å²) in [6.45, 7) is 0. The molecule has 0 aliphatic heterocycles. The van der Waals surface area contributed by atoms with Crippen molar-refractivity contribution in [3.05, 3.63) is 30.7 Å². The van der Waals surface area contributed by atoms with E-state index < -0.39 is 0 Å². The Morgan fingerprint density at radius 1 is 1.22 bits per heavy atom. The van der Waals surface area contributed by atoms with E-state index in [1.807, 2.05) is 24.3 Å². The normalized spacial score (nSPS) is 10.2. The molecule has 2 aromatic rings. The van der Waals surface area contributed by atoms with Crippen LogP contribution < -0.4 is 0 Å². The second-order valence-electron chi connectivity index (χ2n) is 1.82. The van der Waals surface area contributed by atoms with Gasteiger partial charge in [0.2, 0.25) is 0 Å². The molecule has 0 atom stereocenters. The predicted octanol–water partition coefficient (Wildman–Crippen LogP) is 1.83. The predicted molar refractivity (Wildman–Crippen MR) is 34.0 cm³/mol. The molecule has 0 aliphatic rings. The Labute approximate surface area is 52.1 Å². The van der Waals surface area contributed by atoms with Crippen LogP contribution in [-0.4, -0.2) is 4.98 Å². The summed E-state index contributed by atoms with van der Waals surface area (Å²) >= 11 is 0. The molecular formula is C7H5NO. The molecule has 2 nitrogen and oxygen atoms in total. The molecule has 1 heterocycles. The maximum Gasteiger partial charge on any atom is 0.181 e. The molecule has 1 aromatic heterocycles. The second kappa shape index (κ2) is 1.58. The number of oxazole rings is 1. The van der Waals surface area contributed by atoms with E-state index in [1.165, 1.54) is 6.39 Å². The summed E-state index contributed by atoms with van der Waals surface area (Å²) in [5.74, 6) is 0. The summed E-state index contributed by atoms with van der Waals surface area (Å²) in [6, 6.07) is 7.67. The minimum absolute atomic E-state index is 0.845. The standard InChI is InChI=1S/C7H5NO/c1-2-4-7-6(3-1)8-5-9-7/h1-5H/i1+1,2+1,3+1,4+1,6+1,7+1. The molecule has 0 fully saturated rings. The van der Waals surface area contributed by atoms with Gasteiger partial charge in [-0.1, -0.05) is 12.1 Å². The van der Waals surface area contributed by atoms with Crippen LogP contribution in [0.2, 0.25) is 0 Å². The highest BCUT2D eigenvalue weighted by atomic mass is 16.4. The summed E-state index contributed by atoms with van der Waals surface area (Å²) in [5.41, 5.74) is 1.76. The molecule has 0 saturated heterocycles. The van der Waals surface area contributed by atoms with E-state index in [1.54, 1.807) is 0 Å². The minimum Gasteiger partial charge on any atom is -0.443 e. The lowest BCUT2D eigenvalue weighted by Crippen LogP contribution is -1.61. The Balaban J connectivity index is 2.95. The zero-order chi connectivity index (χ0) is 6.10. The van der Waals surface area contributed by atoms with E-state index in [0.717, 1.165) is 11.1 Å². The average molecular weight is 125 g/mol. The SMILES string of the molecule is c1n[13c]2[13cH][13cH][13cH][13cH][13c]2o1. The molecule has 2 rings (SSSR count). The first-order chi connectivity index (χ1) is 4.47. The van der Waals surface area contributed by atoms with Crippen LogP contribution in [0.15, 0.2) is 35.1 Å². The van der Waals surface area contributed by atoms with Crippen molar-refractivity contribution in [1.82, 2.24) is 4.98 Å². The number of rotatable bonds is 0. The molecule has 0 unspecified atom stereocenters. The lowest BCUT2D eigenvalue weighted by Gasteiger charge is -1.79. The van der Waals surface area contributed by atoms with Gasteiger partial charge in [0.15, 0.2) is 12.0 Å². The molecule has 2 heteroatoms. The third kappa shape index (κ3) is 0.598. The second-order valence-corrected chi connectivity index (χ2v) is 1.82. The molecule has 0 spiro atoms. The molecule has 0 bridgehead atoms. The highest BCUT2D eigenvalue weighted by molar-refractivity contribution is 5.71. The molecule has 44 valence electrons. The third-order valence-electron chi connectivity index (χ3n) is 1.24. The number of nitrogens with zero attached hydrogens (tertiary/aromatic N) is 1. The fourth-order valence-corrected chi connectivity index (χ4v) is 0.803. The highest BCUT2D eigenvalue weighted by Crippen LogP contribution is 2.09. The van der Waals surface area contributed by atoms with Crippen LogP contribution in [0.5, 0.6) is 0 Å². The molecule has 1 aromatic carbocycles. The molecular weight excluding hydrogens is 120 g/mol. The van der Waals surface area contributed by atoms with Crippen LogP contribution in [0, 0.1) is 0 Å². The van der Waals surface area contributed by atoms with E-state index in [4.69, 9.17) is 4.42 Å². The van der Waals surface area contributed by atoms with E-state index in [-0.39, 0.29) is 0 Å². The Bertz CT molecular complexity index is 283. The van der Waals surface area contributed by atoms with Gasteiger partial charge in [-0.25, -0.2) is 4.98 Å². The maximum absolute atomic E-state index is 5.01. The van der Waals surface area contributed by atoms with Crippen molar-refractivity contribution in [2.45, 2.75) is 0 Å². The van der Waals surface area contributed by atoms with Gasteiger partial charge in [-0.05, 0) is 12.1 Å². The third-order valence-corrected chi connectivity index (χ3v) is 1.24. The highest BCUT2D eigenvalue weighted by Gasteiger charge is 1.91. The lowest BCUT2D eigenvalue weighted by molar-refractivity contribution is 0.602. The van der Waals surface area contributed by atoms with Gasteiger partial charge in [-0.2, -0.15) is 0 Å². The van der Waals surface area contributed by atoms with Crippen molar-refractivity contribution in [2.24, 2.45) is 0 Å². The molecule has 0 N–H and O–H groups in total. The summed E-state index contributed by atoms with van der Waals surface area (Å²) in [5, 5.41) is 0. The van der Waals surface area contributed by atoms with E-state index in [0.29, 0.717) is 0 Å². The van der Waals surface area contributed by atoms with Gasteiger partial charge < -0.3 is 4.42 Å². The first-order valence-electron chi connectivity index (χ1n) is 2.75. The van der Waals surface area contributed by atoms with Crippen molar-refractivity contribution in [3.8, 4) is 0 Å². The largest absolute Gasteiger partial charge is 0.443 e. The Hall–Kier alpha value is -1.31. The quantitative estimate of drug-likeness (QED) is 0.536. The van der Waals surface area contributed by atoms with Gasteiger partial charge in [-0.15, -0.1) is 0 Å². The van der Waals surface area contributed by atoms with Crippen molar-refractivity contribution in [3.63, 3.8) is 0 Å². The number of hydrogen-bond donors (Lipinski definition) is 0. The molecule has 0 radical (unpaired) electrons. The number of aromatic nitrogens is 1. The van der Waals surface area contributed by atoms with Crippen molar-refractivity contribution in [2.75, 3.05) is 0 Å². The first-order valence-corrected chi connectivity index (χ1v) is 2.75. The summed E-state index contributed by atoms with van der Waals surface area (Å²) in [7, 11) is 0. The van der Waals surface area contributed by atoms with Crippen LogP contribution >= 0.6 is 0 Å². The molecule has 0 amide bonds. The molecule has 0 aliphatic carbocycles. The topological polar surface area (TPSA) is 26.0 Å². The number of benzene rings is 1. The number of fused-ring (bicyclic) bond motifs is 1. The van der Waals surface area contributed by atoms with Crippen LogP contribution in [-0.2, 0) is 0 Å². The number of hydrogen-bond acceptors (Lipinski definition) is 2. The lowest BCUT2D eigenvalue weighted by atomic mass is 11.3. The van der Waals surface area contributed by atoms with Crippen molar-refractivity contribution >= 4 is 11.1 Å². The van der Waals surface area contributed by atoms with Crippen LogP contribution in [0.25, 0.3) is 11.1 Å². The van der Waals surface area contributed by atoms with Gasteiger partial charge in [0.1, 0.15) is 5.52 Å². The molecule has 9 heavy (non-hydrogen) atoms. The Kier molecular flexibility index (Phi) is 0.803. The van der Waals surface area contributed by atoms with Crippen molar-refractivity contribution < 1.29 is 4.42 Å². The van der Waals surface area contributed by atoms with Crippen molar-refractivity contribution in [1.29, 1.82) is 0 Å². The van der Waals surface area contributed by atoms with E-state index >= 15 is 0 Å². The van der Waals surface area contributed by atoms with Gasteiger partial charge in [0, 0.05) is 0 Å². The van der Waals surface area contributed by atoms with Gasteiger partial charge in [-0.3, -0.25) is 0 Å². The van der Waals surface area contributed by atoms with Crippen LogP contribution in [0.1, 0.15) is 0 Å².